The third kappa shape index (κ3) is 4.01. The van der Waals surface area contributed by atoms with Gasteiger partial charge < -0.3 is 10.6 Å². The molecule has 1 unspecified atom stereocenters. The summed E-state index contributed by atoms with van der Waals surface area (Å²) in [6, 6.07) is 3.43. The van der Waals surface area contributed by atoms with E-state index in [0.29, 0.717) is 11.4 Å². The minimum atomic E-state index is -0.137. The Morgan fingerprint density at radius 1 is 1.43 bits per heavy atom. The second kappa shape index (κ2) is 7.17. The second-order valence-electron chi connectivity index (χ2n) is 4.83. The molecule has 0 saturated heterocycles. The Kier molecular flexibility index (Phi) is 5.27. The van der Waals surface area contributed by atoms with Gasteiger partial charge in [-0.2, -0.15) is 0 Å². The van der Waals surface area contributed by atoms with Crippen molar-refractivity contribution in [2.24, 2.45) is 0 Å². The van der Waals surface area contributed by atoms with Gasteiger partial charge >= 0.3 is 0 Å². The molecule has 0 spiro atoms. The van der Waals surface area contributed by atoms with Crippen molar-refractivity contribution < 1.29 is 4.79 Å². The largest absolute Gasteiger partial charge is 0.369 e. The van der Waals surface area contributed by atoms with Gasteiger partial charge in [-0.1, -0.05) is 6.92 Å². The van der Waals surface area contributed by atoms with Crippen LogP contribution in [0.4, 0.5) is 5.82 Å². The van der Waals surface area contributed by atoms with Crippen LogP contribution >= 0.6 is 11.3 Å². The van der Waals surface area contributed by atoms with E-state index in [1.165, 1.54) is 0 Å². The summed E-state index contributed by atoms with van der Waals surface area (Å²) in [5.41, 5.74) is 0.561. The summed E-state index contributed by atoms with van der Waals surface area (Å²) in [6.07, 6.45) is 4.48. The van der Waals surface area contributed by atoms with Crippen LogP contribution in [0.25, 0.3) is 0 Å². The number of aryl methyl sites for hydroxylation is 1. The zero-order chi connectivity index (χ0) is 15.2. The van der Waals surface area contributed by atoms with Crippen LogP contribution in [0.2, 0.25) is 0 Å². The fourth-order valence-corrected chi connectivity index (χ4v) is 2.66. The first-order valence-corrected chi connectivity index (χ1v) is 7.85. The highest BCUT2D eigenvalue weighted by molar-refractivity contribution is 7.11. The maximum Gasteiger partial charge on any atom is 0.255 e. The molecule has 0 aliphatic rings. The van der Waals surface area contributed by atoms with E-state index in [2.05, 4.69) is 27.5 Å². The number of carbonyl (C=O) groups is 1. The van der Waals surface area contributed by atoms with Crippen LogP contribution < -0.4 is 10.6 Å². The molecule has 1 amide bonds. The molecule has 1 atom stereocenters. The summed E-state index contributed by atoms with van der Waals surface area (Å²) in [4.78, 5) is 22.1. The number of nitrogens with one attached hydrogen (secondary N) is 2. The quantitative estimate of drug-likeness (QED) is 0.860. The van der Waals surface area contributed by atoms with E-state index in [1.807, 2.05) is 20.0 Å². The molecule has 112 valence electrons. The number of anilines is 1. The van der Waals surface area contributed by atoms with Gasteiger partial charge in [0.25, 0.3) is 5.91 Å². The van der Waals surface area contributed by atoms with E-state index in [4.69, 9.17) is 0 Å². The highest BCUT2D eigenvalue weighted by atomic mass is 32.1. The smallest absolute Gasteiger partial charge is 0.255 e. The predicted molar refractivity (Wildman–Crippen MR) is 85.7 cm³/mol. The zero-order valence-electron chi connectivity index (χ0n) is 12.5. The molecular weight excluding hydrogens is 284 g/mol. The van der Waals surface area contributed by atoms with Crippen LogP contribution in [-0.2, 0) is 0 Å². The lowest BCUT2D eigenvalue weighted by molar-refractivity contribution is 0.0940. The average molecular weight is 304 g/mol. The van der Waals surface area contributed by atoms with E-state index in [0.717, 1.165) is 22.9 Å². The van der Waals surface area contributed by atoms with Crippen LogP contribution in [0.3, 0.4) is 0 Å². The Morgan fingerprint density at radius 3 is 2.90 bits per heavy atom. The van der Waals surface area contributed by atoms with Gasteiger partial charge in [0.2, 0.25) is 0 Å². The summed E-state index contributed by atoms with van der Waals surface area (Å²) >= 11 is 1.59. The molecule has 0 fully saturated rings. The van der Waals surface area contributed by atoms with Gasteiger partial charge in [0.05, 0.1) is 11.6 Å². The maximum absolute atomic E-state index is 12.4. The Hall–Kier alpha value is -1.95. The molecule has 5 nitrogen and oxygen atoms in total. The minimum Gasteiger partial charge on any atom is -0.369 e. The highest BCUT2D eigenvalue weighted by Crippen LogP contribution is 2.20. The number of thiazole rings is 1. The van der Waals surface area contributed by atoms with Crippen molar-refractivity contribution >= 4 is 23.1 Å². The molecule has 21 heavy (non-hydrogen) atoms. The van der Waals surface area contributed by atoms with Crippen LogP contribution in [0.1, 0.15) is 46.6 Å². The van der Waals surface area contributed by atoms with Gasteiger partial charge in [-0.15, -0.1) is 11.3 Å². The van der Waals surface area contributed by atoms with Crippen molar-refractivity contribution in [3.05, 3.63) is 40.0 Å². The van der Waals surface area contributed by atoms with Crippen molar-refractivity contribution in [3.63, 3.8) is 0 Å². The molecule has 0 aromatic carbocycles. The number of rotatable bonds is 6. The van der Waals surface area contributed by atoms with Crippen LogP contribution in [0.15, 0.2) is 24.5 Å². The van der Waals surface area contributed by atoms with Crippen molar-refractivity contribution in [1.82, 2.24) is 15.3 Å². The zero-order valence-corrected chi connectivity index (χ0v) is 13.3. The number of aromatic nitrogens is 2. The van der Waals surface area contributed by atoms with Crippen molar-refractivity contribution in [2.45, 2.75) is 33.2 Å². The topological polar surface area (TPSA) is 66.9 Å². The van der Waals surface area contributed by atoms with Gasteiger partial charge in [0.15, 0.2) is 0 Å². The molecule has 6 heteroatoms. The normalized spacial score (nSPS) is 12.0. The second-order valence-corrected chi connectivity index (χ2v) is 6.10. The SMILES string of the molecule is CCCNc1ncccc1C(=O)NC(C)c1ncc(C)s1. The van der Waals surface area contributed by atoms with E-state index in [9.17, 15) is 4.79 Å². The van der Waals surface area contributed by atoms with E-state index in [-0.39, 0.29) is 11.9 Å². The molecule has 2 aromatic heterocycles. The Labute approximate surface area is 128 Å². The van der Waals surface area contributed by atoms with E-state index in [1.54, 1.807) is 29.7 Å². The summed E-state index contributed by atoms with van der Waals surface area (Å²) in [7, 11) is 0. The molecule has 2 N–H and O–H groups in total. The average Bonchev–Trinajstić information content (AvgIpc) is 2.92. The van der Waals surface area contributed by atoms with E-state index < -0.39 is 0 Å². The monoisotopic (exact) mass is 304 g/mol. The summed E-state index contributed by atoms with van der Waals surface area (Å²) in [5.74, 6) is 0.487. The standard InChI is InChI=1S/C15H20N4OS/c1-4-7-16-13-12(6-5-8-17-13)14(20)19-11(3)15-18-9-10(2)21-15/h5-6,8-9,11H,4,7H2,1-3H3,(H,16,17)(H,19,20). The van der Waals surface area contributed by atoms with Gasteiger partial charge in [-0.25, -0.2) is 9.97 Å². The number of pyridine rings is 1. The lowest BCUT2D eigenvalue weighted by Gasteiger charge is -2.14. The molecule has 0 aliphatic carbocycles. The first-order valence-electron chi connectivity index (χ1n) is 7.04. The van der Waals surface area contributed by atoms with Crippen LogP contribution in [0.5, 0.6) is 0 Å². The summed E-state index contributed by atoms with van der Waals surface area (Å²) in [5, 5.41) is 7.06. The molecule has 0 bridgehead atoms. The van der Waals surface area contributed by atoms with Gasteiger partial charge in [0, 0.05) is 23.8 Å². The van der Waals surface area contributed by atoms with Crippen molar-refractivity contribution in [3.8, 4) is 0 Å². The summed E-state index contributed by atoms with van der Waals surface area (Å²) < 4.78 is 0. The molecular formula is C15H20N4OS. The molecule has 0 aliphatic heterocycles. The molecule has 0 saturated carbocycles. The third-order valence-electron chi connectivity index (χ3n) is 2.95. The third-order valence-corrected chi connectivity index (χ3v) is 4.05. The first-order chi connectivity index (χ1) is 10.1. The first kappa shape index (κ1) is 15.4. The number of carbonyl (C=O) groups excluding carboxylic acids is 1. The Bertz CT molecular complexity index is 611. The molecule has 0 radical (unpaired) electrons. The van der Waals surface area contributed by atoms with Gasteiger partial charge in [-0.3, -0.25) is 4.79 Å². The molecule has 2 aromatic rings. The van der Waals surface area contributed by atoms with Crippen molar-refractivity contribution in [2.75, 3.05) is 11.9 Å². The van der Waals surface area contributed by atoms with Crippen LogP contribution in [0, 0.1) is 6.92 Å². The fraction of sp³-hybridized carbons (Fsp3) is 0.400. The van der Waals surface area contributed by atoms with Crippen molar-refractivity contribution in [1.29, 1.82) is 0 Å². The lowest BCUT2D eigenvalue weighted by atomic mass is 10.2. The number of hydrogen-bond donors (Lipinski definition) is 2. The number of amides is 1. The lowest BCUT2D eigenvalue weighted by Crippen LogP contribution is -2.27. The number of nitrogens with zero attached hydrogens (tertiary/aromatic N) is 2. The maximum atomic E-state index is 12.4. The number of hydrogen-bond acceptors (Lipinski definition) is 5. The fourth-order valence-electron chi connectivity index (χ4n) is 1.88. The minimum absolute atomic E-state index is 0.115. The van der Waals surface area contributed by atoms with Gasteiger partial charge in [0.1, 0.15) is 10.8 Å². The Morgan fingerprint density at radius 2 is 2.24 bits per heavy atom. The Balaban J connectivity index is 2.09. The van der Waals surface area contributed by atoms with Gasteiger partial charge in [-0.05, 0) is 32.4 Å². The summed E-state index contributed by atoms with van der Waals surface area (Å²) in [6.45, 7) is 6.80. The highest BCUT2D eigenvalue weighted by Gasteiger charge is 2.17. The van der Waals surface area contributed by atoms with Crippen LogP contribution in [-0.4, -0.2) is 22.4 Å². The predicted octanol–water partition coefficient (Wildman–Crippen LogP) is 3.16. The molecule has 2 rings (SSSR count). The molecule has 2 heterocycles. The van der Waals surface area contributed by atoms with E-state index >= 15 is 0 Å².